The van der Waals surface area contributed by atoms with E-state index in [2.05, 4.69) is 0 Å². The van der Waals surface area contributed by atoms with Gasteiger partial charge in [-0.25, -0.2) is 4.79 Å². The quantitative estimate of drug-likeness (QED) is 0.637. The molecule has 0 aliphatic rings. The van der Waals surface area contributed by atoms with Crippen molar-refractivity contribution in [3.63, 3.8) is 0 Å². The van der Waals surface area contributed by atoms with Crippen molar-refractivity contribution in [2.45, 2.75) is 19.9 Å². The number of carbonyl (C=O) groups is 2. The molecule has 0 aromatic heterocycles. The molecule has 0 aliphatic heterocycles. The minimum atomic E-state index is -0.680. The summed E-state index contributed by atoms with van der Waals surface area (Å²) in [5.74, 6) is -0.877. The van der Waals surface area contributed by atoms with E-state index < -0.39 is 12.0 Å². The third-order valence-corrected chi connectivity index (χ3v) is 4.57. The Morgan fingerprint density at radius 1 is 1.08 bits per heavy atom. The minimum absolute atomic E-state index is 0.0933. The standard InChI is InChI=1S/C20H23ClN2O3/c1-12(2)18(20(25)26-4)23(3)19(24)16-10-7-14(11-17(16)21)13-5-8-15(22)9-6-13/h5-12,18H,22H2,1-4H3/t18-/m0/s1. The average molecular weight is 375 g/mol. The number of carbonyl (C=O) groups excluding carboxylic acids is 2. The van der Waals surface area contributed by atoms with Crippen LogP contribution in [0.1, 0.15) is 24.2 Å². The van der Waals surface area contributed by atoms with Crippen molar-refractivity contribution in [2.75, 3.05) is 19.9 Å². The molecule has 2 aromatic rings. The van der Waals surface area contributed by atoms with Crippen LogP contribution in [0.25, 0.3) is 11.1 Å². The number of rotatable bonds is 5. The fourth-order valence-electron chi connectivity index (χ4n) is 2.86. The van der Waals surface area contributed by atoms with Crippen LogP contribution in [0.15, 0.2) is 42.5 Å². The molecule has 5 nitrogen and oxygen atoms in total. The average Bonchev–Trinajstić information content (AvgIpc) is 2.61. The highest BCUT2D eigenvalue weighted by Crippen LogP contribution is 2.28. The molecule has 0 heterocycles. The van der Waals surface area contributed by atoms with Crippen molar-refractivity contribution >= 4 is 29.2 Å². The fourth-order valence-corrected chi connectivity index (χ4v) is 3.12. The van der Waals surface area contributed by atoms with Gasteiger partial charge < -0.3 is 15.4 Å². The van der Waals surface area contributed by atoms with E-state index in [0.29, 0.717) is 16.3 Å². The molecule has 2 aromatic carbocycles. The van der Waals surface area contributed by atoms with E-state index in [9.17, 15) is 9.59 Å². The Hall–Kier alpha value is -2.53. The lowest BCUT2D eigenvalue weighted by Crippen LogP contribution is -2.46. The summed E-state index contributed by atoms with van der Waals surface area (Å²) in [5.41, 5.74) is 8.54. The molecule has 138 valence electrons. The number of amides is 1. The highest BCUT2D eigenvalue weighted by atomic mass is 35.5. The summed E-state index contributed by atoms with van der Waals surface area (Å²) in [5, 5.41) is 0.323. The van der Waals surface area contributed by atoms with E-state index in [0.717, 1.165) is 11.1 Å². The molecule has 0 aliphatic carbocycles. The number of methoxy groups -OCH3 is 1. The van der Waals surface area contributed by atoms with Crippen molar-refractivity contribution in [1.82, 2.24) is 4.90 Å². The van der Waals surface area contributed by atoms with Crippen LogP contribution in [0.2, 0.25) is 5.02 Å². The van der Waals surface area contributed by atoms with Gasteiger partial charge in [0.2, 0.25) is 0 Å². The molecule has 1 atom stereocenters. The maximum absolute atomic E-state index is 12.8. The molecule has 2 N–H and O–H groups in total. The zero-order chi connectivity index (χ0) is 19.4. The van der Waals surface area contributed by atoms with Gasteiger partial charge in [0, 0.05) is 12.7 Å². The number of hydrogen-bond donors (Lipinski definition) is 1. The molecule has 0 saturated heterocycles. The van der Waals surface area contributed by atoms with Crippen molar-refractivity contribution < 1.29 is 14.3 Å². The van der Waals surface area contributed by atoms with Crippen molar-refractivity contribution in [2.24, 2.45) is 5.92 Å². The molecule has 6 heteroatoms. The second kappa shape index (κ2) is 8.23. The minimum Gasteiger partial charge on any atom is -0.467 e. The Morgan fingerprint density at radius 3 is 2.15 bits per heavy atom. The highest BCUT2D eigenvalue weighted by molar-refractivity contribution is 6.34. The molecule has 0 spiro atoms. The number of likely N-dealkylation sites (N-methyl/N-ethyl adjacent to an activating group) is 1. The first-order valence-electron chi connectivity index (χ1n) is 8.26. The SMILES string of the molecule is COC(=O)[C@H](C(C)C)N(C)C(=O)c1ccc(-c2ccc(N)cc2)cc1Cl. The predicted molar refractivity (Wildman–Crippen MR) is 104 cm³/mol. The van der Waals surface area contributed by atoms with Crippen LogP contribution in [-0.4, -0.2) is 37.0 Å². The summed E-state index contributed by atoms with van der Waals surface area (Å²) in [6.07, 6.45) is 0. The maximum atomic E-state index is 12.8. The van der Waals surface area contributed by atoms with Crippen LogP contribution >= 0.6 is 11.6 Å². The topological polar surface area (TPSA) is 72.6 Å². The number of benzene rings is 2. The Morgan fingerprint density at radius 2 is 1.65 bits per heavy atom. The van der Waals surface area contributed by atoms with Crippen LogP contribution in [0.5, 0.6) is 0 Å². The van der Waals surface area contributed by atoms with Crippen LogP contribution in [0, 0.1) is 5.92 Å². The molecular formula is C20H23ClN2O3. The first-order chi connectivity index (χ1) is 12.3. The molecule has 1 amide bonds. The van der Waals surface area contributed by atoms with E-state index in [1.807, 2.05) is 32.0 Å². The molecular weight excluding hydrogens is 352 g/mol. The van der Waals surface area contributed by atoms with Crippen molar-refractivity contribution in [3.05, 3.63) is 53.1 Å². The van der Waals surface area contributed by atoms with Crippen LogP contribution in [-0.2, 0) is 9.53 Å². The van der Waals surface area contributed by atoms with Crippen LogP contribution < -0.4 is 5.73 Å². The summed E-state index contributed by atoms with van der Waals surface area (Å²) in [6, 6.07) is 11.9. The second-order valence-electron chi connectivity index (χ2n) is 6.44. The number of ether oxygens (including phenoxy) is 1. The van der Waals surface area contributed by atoms with Gasteiger partial charge in [-0.3, -0.25) is 4.79 Å². The zero-order valence-electron chi connectivity index (χ0n) is 15.3. The lowest BCUT2D eigenvalue weighted by molar-refractivity contribution is -0.147. The van der Waals surface area contributed by atoms with E-state index in [4.69, 9.17) is 22.1 Å². The normalized spacial score (nSPS) is 11.9. The highest BCUT2D eigenvalue weighted by Gasteiger charge is 2.31. The molecule has 2 rings (SSSR count). The zero-order valence-corrected chi connectivity index (χ0v) is 16.1. The first-order valence-corrected chi connectivity index (χ1v) is 8.64. The van der Waals surface area contributed by atoms with Gasteiger partial charge in [-0.15, -0.1) is 0 Å². The van der Waals surface area contributed by atoms with Crippen molar-refractivity contribution in [3.8, 4) is 11.1 Å². The van der Waals surface area contributed by atoms with Gasteiger partial charge in [-0.05, 0) is 41.3 Å². The van der Waals surface area contributed by atoms with Gasteiger partial charge >= 0.3 is 5.97 Å². The molecule has 0 radical (unpaired) electrons. The van der Waals surface area contributed by atoms with Crippen molar-refractivity contribution in [1.29, 1.82) is 0 Å². The summed E-state index contributed by atoms with van der Waals surface area (Å²) < 4.78 is 4.82. The Labute approximate surface area is 158 Å². The summed E-state index contributed by atoms with van der Waals surface area (Å²) >= 11 is 6.36. The number of esters is 1. The Balaban J connectivity index is 2.31. The van der Waals surface area contributed by atoms with E-state index in [1.54, 1.807) is 31.3 Å². The lowest BCUT2D eigenvalue weighted by atomic mass is 10.0. The molecule has 0 saturated carbocycles. The number of nitrogen functional groups attached to an aromatic ring is 1. The van der Waals surface area contributed by atoms with Gasteiger partial charge in [0.1, 0.15) is 6.04 Å². The fraction of sp³-hybridized carbons (Fsp3) is 0.300. The van der Waals surface area contributed by atoms with Crippen LogP contribution in [0.4, 0.5) is 5.69 Å². The number of nitrogens with two attached hydrogens (primary N) is 1. The Kier molecular flexibility index (Phi) is 6.27. The first kappa shape index (κ1) is 19.8. The van der Waals surface area contributed by atoms with Gasteiger partial charge in [-0.2, -0.15) is 0 Å². The number of hydrogen-bond acceptors (Lipinski definition) is 4. The number of nitrogens with zero attached hydrogens (tertiary/aromatic N) is 1. The van der Waals surface area contributed by atoms with Gasteiger partial charge in [-0.1, -0.05) is 43.6 Å². The summed E-state index contributed by atoms with van der Waals surface area (Å²) in [6.45, 7) is 3.72. The van der Waals surface area contributed by atoms with E-state index in [-0.39, 0.29) is 11.8 Å². The number of anilines is 1. The van der Waals surface area contributed by atoms with Gasteiger partial charge in [0.25, 0.3) is 5.91 Å². The molecule has 0 fully saturated rings. The third-order valence-electron chi connectivity index (χ3n) is 4.26. The van der Waals surface area contributed by atoms with E-state index >= 15 is 0 Å². The Bertz CT molecular complexity index is 803. The lowest BCUT2D eigenvalue weighted by Gasteiger charge is -2.29. The third kappa shape index (κ3) is 4.17. The monoisotopic (exact) mass is 374 g/mol. The second-order valence-corrected chi connectivity index (χ2v) is 6.85. The van der Waals surface area contributed by atoms with E-state index in [1.165, 1.54) is 12.0 Å². The number of halogens is 1. The summed E-state index contributed by atoms with van der Waals surface area (Å²) in [4.78, 5) is 26.2. The van der Waals surface area contributed by atoms with Gasteiger partial charge in [0.15, 0.2) is 0 Å². The van der Waals surface area contributed by atoms with Crippen LogP contribution in [0.3, 0.4) is 0 Å². The largest absolute Gasteiger partial charge is 0.467 e. The molecule has 0 bridgehead atoms. The predicted octanol–water partition coefficient (Wildman–Crippen LogP) is 3.86. The molecule has 26 heavy (non-hydrogen) atoms. The summed E-state index contributed by atoms with van der Waals surface area (Å²) in [7, 11) is 2.89. The smallest absolute Gasteiger partial charge is 0.328 e. The molecule has 0 unspecified atom stereocenters. The van der Waals surface area contributed by atoms with Gasteiger partial charge in [0.05, 0.1) is 17.7 Å². The maximum Gasteiger partial charge on any atom is 0.328 e.